The van der Waals surface area contributed by atoms with Gasteiger partial charge < -0.3 is 19.3 Å². The molecule has 5 rings (SSSR count). The zero-order chi connectivity index (χ0) is 25.1. The topological polar surface area (TPSA) is 59.8 Å². The van der Waals surface area contributed by atoms with E-state index in [-0.39, 0.29) is 5.91 Å². The predicted octanol–water partition coefficient (Wildman–Crippen LogP) is 4.83. The number of methoxy groups -OCH3 is 2. The van der Waals surface area contributed by atoms with Crippen molar-refractivity contribution < 1.29 is 14.3 Å². The number of carbonyl (C=O) groups excluding carboxylic acids is 1. The van der Waals surface area contributed by atoms with Crippen LogP contribution < -0.4 is 14.4 Å². The second-order valence-corrected chi connectivity index (χ2v) is 8.86. The lowest BCUT2D eigenvalue weighted by Gasteiger charge is -2.36. The number of ether oxygens (including phenoxy) is 2. The Hall–Kier alpha value is -4.26. The highest BCUT2D eigenvalue weighted by Gasteiger charge is 2.27. The van der Waals surface area contributed by atoms with Crippen molar-refractivity contribution >= 4 is 11.6 Å². The number of nitrogens with zero attached hydrogens (tertiary/aromatic N) is 4. The minimum Gasteiger partial charge on any atom is -0.493 e. The second kappa shape index (κ2) is 10.2. The van der Waals surface area contributed by atoms with Gasteiger partial charge >= 0.3 is 0 Å². The maximum atomic E-state index is 13.8. The molecule has 1 amide bonds. The summed E-state index contributed by atoms with van der Waals surface area (Å²) in [6.45, 7) is 4.93. The van der Waals surface area contributed by atoms with Gasteiger partial charge in [-0.1, -0.05) is 36.4 Å². The van der Waals surface area contributed by atoms with E-state index >= 15 is 0 Å². The largest absolute Gasteiger partial charge is 0.493 e. The van der Waals surface area contributed by atoms with Crippen molar-refractivity contribution in [3.63, 3.8) is 0 Å². The van der Waals surface area contributed by atoms with Gasteiger partial charge in [-0.05, 0) is 54.4 Å². The third kappa shape index (κ3) is 4.64. The number of anilines is 1. The van der Waals surface area contributed by atoms with Gasteiger partial charge in [0.05, 0.1) is 19.9 Å². The van der Waals surface area contributed by atoms with E-state index in [0.717, 1.165) is 29.9 Å². The minimum absolute atomic E-state index is 0.0710. The second-order valence-electron chi connectivity index (χ2n) is 8.86. The number of piperazine rings is 1. The summed E-state index contributed by atoms with van der Waals surface area (Å²) >= 11 is 0. The molecule has 1 aliphatic rings. The SMILES string of the molecule is COc1ccc(-c2cn(-c3ccccc3)nc2C(=O)N2CCN(c3cccc(C)c3)CC2)cc1OC. The number of hydrogen-bond donors (Lipinski definition) is 0. The van der Waals surface area contributed by atoms with Crippen LogP contribution in [-0.4, -0.2) is 61.0 Å². The molecule has 184 valence electrons. The summed E-state index contributed by atoms with van der Waals surface area (Å²) in [6.07, 6.45) is 1.91. The molecule has 0 bridgehead atoms. The molecule has 7 nitrogen and oxygen atoms in total. The molecule has 1 aliphatic heterocycles. The Bertz CT molecular complexity index is 1360. The number of aryl methyl sites for hydroxylation is 1. The molecule has 2 heterocycles. The zero-order valence-electron chi connectivity index (χ0n) is 20.8. The third-order valence-corrected chi connectivity index (χ3v) is 6.57. The van der Waals surface area contributed by atoms with E-state index in [9.17, 15) is 4.79 Å². The summed E-state index contributed by atoms with van der Waals surface area (Å²) in [7, 11) is 3.21. The van der Waals surface area contributed by atoms with Gasteiger partial charge in [0.25, 0.3) is 5.91 Å². The van der Waals surface area contributed by atoms with E-state index in [1.165, 1.54) is 11.3 Å². The maximum Gasteiger partial charge on any atom is 0.275 e. The Labute approximate surface area is 211 Å². The fraction of sp³-hybridized carbons (Fsp3) is 0.241. The Morgan fingerprint density at radius 2 is 1.53 bits per heavy atom. The summed E-state index contributed by atoms with van der Waals surface area (Å²) in [4.78, 5) is 18.0. The van der Waals surface area contributed by atoms with E-state index in [4.69, 9.17) is 14.6 Å². The molecule has 1 fully saturated rings. The number of amides is 1. The predicted molar refractivity (Wildman–Crippen MR) is 141 cm³/mol. The molecule has 4 aromatic rings. The standard InChI is InChI=1S/C29H30N4O3/c1-21-8-7-11-24(18-21)31-14-16-32(17-15-31)29(34)28-25(20-33(30-28)23-9-5-4-6-10-23)22-12-13-26(35-2)27(19-22)36-3/h4-13,18-20H,14-17H2,1-3H3. The highest BCUT2D eigenvalue weighted by Crippen LogP contribution is 2.34. The van der Waals surface area contributed by atoms with Crippen LogP contribution >= 0.6 is 0 Å². The fourth-order valence-corrected chi connectivity index (χ4v) is 4.60. The molecule has 0 saturated carbocycles. The van der Waals surface area contributed by atoms with Crippen LogP contribution in [0.15, 0.2) is 79.0 Å². The first-order chi connectivity index (χ1) is 17.6. The normalized spacial score (nSPS) is 13.5. The molecule has 7 heteroatoms. The van der Waals surface area contributed by atoms with Gasteiger partial charge in [0.15, 0.2) is 17.2 Å². The summed E-state index contributed by atoms with van der Waals surface area (Å²) in [5, 5.41) is 4.76. The molecule has 0 N–H and O–H groups in total. The number of aromatic nitrogens is 2. The van der Waals surface area contributed by atoms with Crippen LogP contribution in [0.4, 0.5) is 5.69 Å². The van der Waals surface area contributed by atoms with Gasteiger partial charge in [-0.2, -0.15) is 5.10 Å². The molecular formula is C29H30N4O3. The van der Waals surface area contributed by atoms with E-state index < -0.39 is 0 Å². The van der Waals surface area contributed by atoms with E-state index in [0.29, 0.717) is 30.3 Å². The van der Waals surface area contributed by atoms with Gasteiger partial charge in [0.1, 0.15) is 0 Å². The van der Waals surface area contributed by atoms with Crippen LogP contribution in [0.25, 0.3) is 16.8 Å². The van der Waals surface area contributed by atoms with Crippen LogP contribution in [0.2, 0.25) is 0 Å². The molecule has 0 atom stereocenters. The van der Waals surface area contributed by atoms with Crippen molar-refractivity contribution in [3.8, 4) is 28.3 Å². The number of carbonyl (C=O) groups is 1. The van der Waals surface area contributed by atoms with Gasteiger partial charge in [0, 0.05) is 43.6 Å². The molecule has 36 heavy (non-hydrogen) atoms. The monoisotopic (exact) mass is 482 g/mol. The van der Waals surface area contributed by atoms with Crippen LogP contribution in [0, 0.1) is 6.92 Å². The minimum atomic E-state index is -0.0710. The maximum absolute atomic E-state index is 13.8. The smallest absolute Gasteiger partial charge is 0.275 e. The van der Waals surface area contributed by atoms with Crippen LogP contribution in [-0.2, 0) is 0 Å². The van der Waals surface area contributed by atoms with Gasteiger partial charge in [0.2, 0.25) is 0 Å². The molecule has 3 aromatic carbocycles. The number of rotatable bonds is 6. The van der Waals surface area contributed by atoms with Gasteiger partial charge in [-0.15, -0.1) is 0 Å². The van der Waals surface area contributed by atoms with Crippen molar-refractivity contribution in [1.82, 2.24) is 14.7 Å². The third-order valence-electron chi connectivity index (χ3n) is 6.57. The lowest BCUT2D eigenvalue weighted by molar-refractivity contribution is 0.0741. The summed E-state index contributed by atoms with van der Waals surface area (Å²) in [5.41, 5.74) is 5.35. The Balaban J connectivity index is 1.46. The van der Waals surface area contributed by atoms with Crippen LogP contribution in [0.1, 0.15) is 16.1 Å². The summed E-state index contributed by atoms with van der Waals surface area (Å²) < 4.78 is 12.7. The molecular weight excluding hydrogens is 452 g/mol. The van der Waals surface area contributed by atoms with Crippen molar-refractivity contribution in [2.45, 2.75) is 6.92 Å². The average molecular weight is 483 g/mol. The fourth-order valence-electron chi connectivity index (χ4n) is 4.60. The first kappa shape index (κ1) is 23.5. The lowest BCUT2D eigenvalue weighted by atomic mass is 10.0. The number of hydrogen-bond acceptors (Lipinski definition) is 5. The highest BCUT2D eigenvalue weighted by molar-refractivity contribution is 5.99. The van der Waals surface area contributed by atoms with E-state index in [2.05, 4.69) is 36.1 Å². The summed E-state index contributed by atoms with van der Waals surface area (Å²) in [6, 6.07) is 24.0. The van der Waals surface area contributed by atoms with E-state index in [1.54, 1.807) is 18.9 Å². The van der Waals surface area contributed by atoms with Crippen molar-refractivity contribution in [2.75, 3.05) is 45.3 Å². The molecule has 0 unspecified atom stereocenters. The van der Waals surface area contributed by atoms with Crippen molar-refractivity contribution in [2.24, 2.45) is 0 Å². The first-order valence-corrected chi connectivity index (χ1v) is 12.1. The molecule has 0 radical (unpaired) electrons. The van der Waals surface area contributed by atoms with Crippen molar-refractivity contribution in [1.29, 1.82) is 0 Å². The zero-order valence-corrected chi connectivity index (χ0v) is 20.8. The number of para-hydroxylation sites is 1. The number of benzene rings is 3. The highest BCUT2D eigenvalue weighted by atomic mass is 16.5. The summed E-state index contributed by atoms with van der Waals surface area (Å²) in [5.74, 6) is 1.17. The first-order valence-electron chi connectivity index (χ1n) is 12.1. The van der Waals surface area contributed by atoms with Crippen molar-refractivity contribution in [3.05, 3.63) is 90.3 Å². The molecule has 0 aliphatic carbocycles. The Kier molecular flexibility index (Phi) is 6.62. The Morgan fingerprint density at radius 3 is 2.22 bits per heavy atom. The van der Waals surface area contributed by atoms with Crippen LogP contribution in [0.5, 0.6) is 11.5 Å². The van der Waals surface area contributed by atoms with Gasteiger partial charge in [-0.3, -0.25) is 4.79 Å². The average Bonchev–Trinajstić information content (AvgIpc) is 3.38. The molecule has 1 saturated heterocycles. The Morgan fingerprint density at radius 1 is 0.806 bits per heavy atom. The molecule has 1 aromatic heterocycles. The van der Waals surface area contributed by atoms with Gasteiger partial charge in [-0.25, -0.2) is 4.68 Å². The lowest BCUT2D eigenvalue weighted by Crippen LogP contribution is -2.49. The molecule has 0 spiro atoms. The van der Waals surface area contributed by atoms with Crippen LogP contribution in [0.3, 0.4) is 0 Å². The van der Waals surface area contributed by atoms with E-state index in [1.807, 2.05) is 59.6 Å². The quantitative estimate of drug-likeness (QED) is 0.394.